The molecule has 2 aliphatic carbocycles. The van der Waals surface area contributed by atoms with E-state index >= 15 is 0 Å². The molecule has 0 heterocycles. The van der Waals surface area contributed by atoms with Crippen LogP contribution in [0.4, 0.5) is 0 Å². The number of nitrogens with two attached hydrogens (primary N) is 1. The Balaban J connectivity index is 1.98. The van der Waals surface area contributed by atoms with Crippen LogP contribution in [-0.4, -0.2) is 22.5 Å². The number of hydrogen-bond acceptors (Lipinski definition) is 3. The minimum atomic E-state index is -0.583. The third kappa shape index (κ3) is 2.28. The Kier molecular flexibility index (Phi) is 3.03. The number of amides is 1. The van der Waals surface area contributed by atoms with Crippen molar-refractivity contribution < 1.29 is 10.0 Å². The first-order valence-electron chi connectivity index (χ1n) is 5.95. The molecule has 0 aliphatic heterocycles. The lowest BCUT2D eigenvalue weighted by Gasteiger charge is -2.28. The largest absolute Gasteiger partial charge is 0.409 e. The Morgan fingerprint density at radius 2 is 2.06 bits per heavy atom. The molecule has 0 saturated heterocycles. The first-order chi connectivity index (χ1) is 7.66. The van der Waals surface area contributed by atoms with Gasteiger partial charge < -0.3 is 16.3 Å². The maximum atomic E-state index is 11.8. The van der Waals surface area contributed by atoms with Crippen molar-refractivity contribution in [3.8, 4) is 0 Å². The van der Waals surface area contributed by atoms with Crippen LogP contribution >= 0.6 is 0 Å². The Morgan fingerprint density at radius 3 is 2.56 bits per heavy atom. The predicted octanol–water partition coefficient (Wildman–Crippen LogP) is 0.962. The molecule has 90 valence electrons. The molecule has 4 N–H and O–H groups in total. The van der Waals surface area contributed by atoms with Crippen molar-refractivity contribution in [3.05, 3.63) is 0 Å². The molecule has 0 atom stereocenters. The van der Waals surface area contributed by atoms with Crippen molar-refractivity contribution in [2.45, 2.75) is 50.5 Å². The molecule has 2 saturated carbocycles. The lowest BCUT2D eigenvalue weighted by atomic mass is 9.95. The summed E-state index contributed by atoms with van der Waals surface area (Å²) in [5, 5.41) is 14.8. The minimum absolute atomic E-state index is 0.0380. The summed E-state index contributed by atoms with van der Waals surface area (Å²) in [5.74, 6) is 0.746. The fourth-order valence-electron chi connectivity index (χ4n) is 2.42. The van der Waals surface area contributed by atoms with Crippen molar-refractivity contribution in [3.63, 3.8) is 0 Å². The second-order valence-electron chi connectivity index (χ2n) is 4.97. The van der Waals surface area contributed by atoms with Crippen molar-refractivity contribution in [1.82, 2.24) is 5.32 Å². The fraction of sp³-hybridized carbons (Fsp3) is 0.818. The van der Waals surface area contributed by atoms with E-state index in [-0.39, 0.29) is 11.7 Å². The number of carbonyl (C=O) groups is 1. The molecule has 0 radical (unpaired) electrons. The zero-order valence-electron chi connectivity index (χ0n) is 9.41. The van der Waals surface area contributed by atoms with Gasteiger partial charge >= 0.3 is 0 Å². The van der Waals surface area contributed by atoms with Gasteiger partial charge in [-0.15, -0.1) is 0 Å². The van der Waals surface area contributed by atoms with Gasteiger partial charge in [0.1, 0.15) is 5.54 Å². The van der Waals surface area contributed by atoms with Gasteiger partial charge in [-0.05, 0) is 31.6 Å². The number of nitrogens with zero attached hydrogens (tertiary/aromatic N) is 1. The SMILES string of the molecule is NC(=NO)C1(NC(=O)CC2CC2)CCCC1. The smallest absolute Gasteiger partial charge is 0.221 e. The van der Waals surface area contributed by atoms with Gasteiger partial charge in [0.25, 0.3) is 0 Å². The minimum Gasteiger partial charge on any atom is -0.409 e. The fourth-order valence-corrected chi connectivity index (χ4v) is 2.42. The first kappa shape index (κ1) is 11.2. The van der Waals surface area contributed by atoms with E-state index in [1.165, 1.54) is 0 Å². The maximum Gasteiger partial charge on any atom is 0.221 e. The number of oxime groups is 1. The van der Waals surface area contributed by atoms with Crippen LogP contribution in [0.15, 0.2) is 5.16 Å². The van der Waals surface area contributed by atoms with Crippen molar-refractivity contribution in [1.29, 1.82) is 0 Å². The van der Waals surface area contributed by atoms with E-state index in [0.29, 0.717) is 12.3 Å². The van der Waals surface area contributed by atoms with Crippen LogP contribution in [0.5, 0.6) is 0 Å². The summed E-state index contributed by atoms with van der Waals surface area (Å²) in [6.45, 7) is 0. The van der Waals surface area contributed by atoms with E-state index in [9.17, 15) is 4.79 Å². The van der Waals surface area contributed by atoms with Gasteiger partial charge in [-0.25, -0.2) is 0 Å². The van der Waals surface area contributed by atoms with Crippen molar-refractivity contribution >= 4 is 11.7 Å². The molecule has 5 nitrogen and oxygen atoms in total. The maximum absolute atomic E-state index is 11.8. The summed E-state index contributed by atoms with van der Waals surface area (Å²) in [4.78, 5) is 11.8. The molecule has 16 heavy (non-hydrogen) atoms. The number of rotatable bonds is 4. The second-order valence-corrected chi connectivity index (χ2v) is 4.97. The van der Waals surface area contributed by atoms with E-state index in [0.717, 1.165) is 38.5 Å². The molecule has 0 bridgehead atoms. The number of hydrogen-bond donors (Lipinski definition) is 3. The number of amidine groups is 1. The van der Waals surface area contributed by atoms with Gasteiger partial charge in [0.05, 0.1) is 0 Å². The van der Waals surface area contributed by atoms with Crippen LogP contribution in [0.25, 0.3) is 0 Å². The normalized spacial score (nSPS) is 24.4. The molecule has 0 spiro atoms. The average Bonchev–Trinajstić information content (AvgIpc) is 2.94. The van der Waals surface area contributed by atoms with Gasteiger partial charge in [0.15, 0.2) is 5.84 Å². The van der Waals surface area contributed by atoms with Crippen LogP contribution in [-0.2, 0) is 4.79 Å². The highest BCUT2D eigenvalue weighted by Crippen LogP contribution is 2.34. The van der Waals surface area contributed by atoms with E-state index in [1.54, 1.807) is 0 Å². The molecule has 2 rings (SSSR count). The lowest BCUT2D eigenvalue weighted by Crippen LogP contribution is -2.55. The molecular weight excluding hydrogens is 206 g/mol. The molecule has 2 fully saturated rings. The molecule has 0 aromatic rings. The highest BCUT2D eigenvalue weighted by molar-refractivity contribution is 5.94. The molecule has 2 aliphatic rings. The summed E-state index contributed by atoms with van der Waals surface area (Å²) in [5.41, 5.74) is 5.11. The zero-order valence-corrected chi connectivity index (χ0v) is 9.41. The topological polar surface area (TPSA) is 87.7 Å². The number of nitrogens with one attached hydrogen (secondary N) is 1. The number of carbonyl (C=O) groups excluding carboxylic acids is 1. The Morgan fingerprint density at radius 1 is 1.44 bits per heavy atom. The van der Waals surface area contributed by atoms with Gasteiger partial charge in [0, 0.05) is 6.42 Å². The Labute approximate surface area is 95.1 Å². The Bertz CT molecular complexity index is 304. The third-order valence-corrected chi connectivity index (χ3v) is 3.60. The second kappa shape index (κ2) is 4.31. The zero-order chi connectivity index (χ0) is 11.6. The van der Waals surface area contributed by atoms with E-state index in [4.69, 9.17) is 10.9 Å². The summed E-state index contributed by atoms with van der Waals surface area (Å²) >= 11 is 0. The highest BCUT2D eigenvalue weighted by Gasteiger charge is 2.40. The molecule has 0 aromatic heterocycles. The van der Waals surface area contributed by atoms with Crippen molar-refractivity contribution in [2.75, 3.05) is 0 Å². The van der Waals surface area contributed by atoms with E-state index in [1.807, 2.05) is 0 Å². The summed E-state index contributed by atoms with van der Waals surface area (Å²) in [7, 11) is 0. The Hall–Kier alpha value is -1.26. The van der Waals surface area contributed by atoms with E-state index in [2.05, 4.69) is 10.5 Å². The van der Waals surface area contributed by atoms with Crippen LogP contribution < -0.4 is 11.1 Å². The van der Waals surface area contributed by atoms with E-state index < -0.39 is 5.54 Å². The van der Waals surface area contributed by atoms with Crippen LogP contribution in [0.2, 0.25) is 0 Å². The van der Waals surface area contributed by atoms with Gasteiger partial charge in [-0.1, -0.05) is 18.0 Å². The molecule has 5 heteroatoms. The average molecular weight is 225 g/mol. The molecular formula is C11H19N3O2. The lowest BCUT2D eigenvalue weighted by molar-refractivity contribution is -0.122. The third-order valence-electron chi connectivity index (χ3n) is 3.60. The predicted molar refractivity (Wildman–Crippen MR) is 60.1 cm³/mol. The summed E-state index contributed by atoms with van der Waals surface area (Å²) in [6.07, 6.45) is 6.48. The highest BCUT2D eigenvalue weighted by atomic mass is 16.4. The quantitative estimate of drug-likeness (QED) is 0.288. The standard InChI is InChI=1S/C11H19N3O2/c12-10(14-16)11(5-1-2-6-11)13-9(15)7-8-3-4-8/h8,16H,1-7H2,(H2,12,14)(H,13,15). The van der Waals surface area contributed by atoms with Crippen LogP contribution in [0.1, 0.15) is 44.9 Å². The van der Waals surface area contributed by atoms with Crippen LogP contribution in [0.3, 0.4) is 0 Å². The molecule has 0 aromatic carbocycles. The van der Waals surface area contributed by atoms with Crippen molar-refractivity contribution in [2.24, 2.45) is 16.8 Å². The van der Waals surface area contributed by atoms with Gasteiger partial charge in [-0.2, -0.15) is 0 Å². The molecule has 1 amide bonds. The molecule has 0 unspecified atom stereocenters. The van der Waals surface area contributed by atoms with Gasteiger partial charge in [-0.3, -0.25) is 4.79 Å². The van der Waals surface area contributed by atoms with Crippen LogP contribution in [0, 0.1) is 5.92 Å². The van der Waals surface area contributed by atoms with Gasteiger partial charge in [0.2, 0.25) is 5.91 Å². The summed E-state index contributed by atoms with van der Waals surface area (Å²) in [6, 6.07) is 0. The monoisotopic (exact) mass is 225 g/mol. The first-order valence-corrected chi connectivity index (χ1v) is 5.95. The summed E-state index contributed by atoms with van der Waals surface area (Å²) < 4.78 is 0.